The van der Waals surface area contributed by atoms with E-state index in [0.717, 1.165) is 63.4 Å². The molecule has 5 heterocycles. The van der Waals surface area contributed by atoms with Crippen molar-refractivity contribution < 1.29 is 9.13 Å². The number of nitrogens with one attached hydrogen (secondary N) is 3. The zero-order valence-electron chi connectivity index (χ0n) is 22.7. The first-order chi connectivity index (χ1) is 20.1. The van der Waals surface area contributed by atoms with Crippen LogP contribution in [-0.4, -0.2) is 43.8 Å². The van der Waals surface area contributed by atoms with Gasteiger partial charge in [-0.2, -0.15) is 5.10 Å². The first kappa shape index (κ1) is 25.3. The van der Waals surface area contributed by atoms with Gasteiger partial charge in [0.25, 0.3) is 0 Å². The monoisotopic (exact) mass is 547 g/mol. The Balaban J connectivity index is 1.21. The first-order valence-corrected chi connectivity index (χ1v) is 14.0. The van der Waals surface area contributed by atoms with Gasteiger partial charge in [0.15, 0.2) is 5.65 Å². The quantitative estimate of drug-likeness (QED) is 0.197. The maximum atomic E-state index is 14.3. The lowest BCUT2D eigenvalue weighted by atomic mass is 10.0. The summed E-state index contributed by atoms with van der Waals surface area (Å²) in [6.45, 7) is 1.86. The molecule has 0 spiro atoms. The molecule has 6 aromatic rings. The van der Waals surface area contributed by atoms with Crippen LogP contribution in [0.15, 0.2) is 67.3 Å². The van der Waals surface area contributed by atoms with E-state index in [4.69, 9.17) is 4.74 Å². The summed E-state index contributed by atoms with van der Waals surface area (Å²) in [6.07, 6.45) is 12.7. The molecule has 1 aliphatic carbocycles. The van der Waals surface area contributed by atoms with E-state index in [1.165, 1.54) is 44.9 Å². The number of ether oxygens (including phenoxy) is 1. The number of hydrogen-bond donors (Lipinski definition) is 3. The maximum Gasteiger partial charge on any atom is 0.155 e. The van der Waals surface area contributed by atoms with Crippen LogP contribution in [0.1, 0.15) is 31.2 Å². The molecule has 0 unspecified atom stereocenters. The smallest absolute Gasteiger partial charge is 0.155 e. The fourth-order valence-electron chi connectivity index (χ4n) is 5.89. The van der Waals surface area contributed by atoms with Crippen LogP contribution in [0.25, 0.3) is 55.7 Å². The largest absolute Gasteiger partial charge is 0.497 e. The average Bonchev–Trinajstić information content (AvgIpc) is 3.76. The number of pyridine rings is 3. The van der Waals surface area contributed by atoms with Crippen LogP contribution < -0.4 is 10.1 Å². The highest BCUT2D eigenvalue weighted by Gasteiger charge is 2.17. The highest BCUT2D eigenvalue weighted by Crippen LogP contribution is 2.35. The number of hydrogen-bond acceptors (Lipinski definition) is 6. The van der Waals surface area contributed by atoms with Gasteiger partial charge >= 0.3 is 0 Å². The van der Waals surface area contributed by atoms with Gasteiger partial charge in [0.1, 0.15) is 22.9 Å². The van der Waals surface area contributed by atoms with Gasteiger partial charge in [0, 0.05) is 59.3 Å². The third-order valence-electron chi connectivity index (χ3n) is 7.99. The highest BCUT2D eigenvalue weighted by atomic mass is 19.1. The van der Waals surface area contributed by atoms with E-state index in [2.05, 4.69) is 47.6 Å². The van der Waals surface area contributed by atoms with Gasteiger partial charge in [-0.25, -0.2) is 14.4 Å². The Bertz CT molecular complexity index is 1850. The fraction of sp³-hybridized carbons (Fsp3) is 0.250. The minimum Gasteiger partial charge on any atom is -0.497 e. The first-order valence-electron chi connectivity index (χ1n) is 14.0. The number of halogens is 1. The molecule has 9 heteroatoms. The molecule has 0 atom stereocenters. The SMILES string of the molecule is COc1cc(F)cc(-c2ccnc3[nH]c(-c4n[nH]c5ncc(-c6cncc(CNCC7CCCC7)c6)cc45)cc23)c1. The molecule has 1 aromatic carbocycles. The predicted molar refractivity (Wildman–Crippen MR) is 158 cm³/mol. The Morgan fingerprint density at radius 1 is 0.927 bits per heavy atom. The Labute approximate surface area is 236 Å². The van der Waals surface area contributed by atoms with Crippen LogP contribution in [0.5, 0.6) is 5.75 Å². The molecule has 0 aliphatic heterocycles. The number of nitrogens with zero attached hydrogens (tertiary/aromatic N) is 4. The van der Waals surface area contributed by atoms with E-state index >= 15 is 0 Å². The van der Waals surface area contributed by atoms with Crippen molar-refractivity contribution in [3.63, 3.8) is 0 Å². The van der Waals surface area contributed by atoms with Gasteiger partial charge in [-0.15, -0.1) is 0 Å². The van der Waals surface area contributed by atoms with Gasteiger partial charge in [0.2, 0.25) is 0 Å². The number of aromatic amines is 2. The van der Waals surface area contributed by atoms with Crippen LogP contribution in [0.4, 0.5) is 4.39 Å². The summed E-state index contributed by atoms with van der Waals surface area (Å²) < 4.78 is 19.6. The number of benzene rings is 1. The van der Waals surface area contributed by atoms with Crippen molar-refractivity contribution in [2.24, 2.45) is 5.92 Å². The van der Waals surface area contributed by atoms with Crippen LogP contribution in [-0.2, 0) is 6.54 Å². The molecule has 1 fully saturated rings. The molecule has 8 nitrogen and oxygen atoms in total. The lowest BCUT2D eigenvalue weighted by Crippen LogP contribution is -2.20. The second kappa shape index (κ2) is 10.7. The molecule has 5 aromatic heterocycles. The molecule has 0 radical (unpaired) electrons. The standard InChI is InChI=1S/C32H30FN7O/c1-41-25-10-21(9-24(33)12-25)26-6-7-36-31-27(26)13-29(38-31)30-28-11-23(18-37-32(28)40-39-30)22-8-20(16-35-17-22)15-34-14-19-4-2-3-5-19/h6-13,16-19,34H,2-5,14-15H2,1H3,(H,36,38)(H,37,39,40). The van der Waals surface area contributed by atoms with Crippen LogP contribution in [0, 0.1) is 11.7 Å². The van der Waals surface area contributed by atoms with Gasteiger partial charge in [-0.1, -0.05) is 12.8 Å². The molecule has 41 heavy (non-hydrogen) atoms. The van der Waals surface area contributed by atoms with Gasteiger partial charge < -0.3 is 15.0 Å². The minimum atomic E-state index is -0.361. The summed E-state index contributed by atoms with van der Waals surface area (Å²) in [6, 6.07) is 12.8. The van der Waals surface area contributed by atoms with Crippen molar-refractivity contribution >= 4 is 22.1 Å². The third-order valence-corrected chi connectivity index (χ3v) is 7.99. The molecular weight excluding hydrogens is 517 g/mol. The van der Waals surface area contributed by atoms with Crippen molar-refractivity contribution in [3.05, 3.63) is 78.6 Å². The number of H-pyrrole nitrogens is 2. The molecule has 0 amide bonds. The molecule has 3 N–H and O–H groups in total. The van der Waals surface area contributed by atoms with E-state index in [1.807, 2.05) is 36.8 Å². The molecular formula is C32H30FN7O. The molecule has 1 saturated carbocycles. The average molecular weight is 548 g/mol. The molecule has 0 saturated heterocycles. The maximum absolute atomic E-state index is 14.3. The van der Waals surface area contributed by atoms with E-state index in [9.17, 15) is 4.39 Å². The second-order valence-electron chi connectivity index (χ2n) is 10.7. The summed E-state index contributed by atoms with van der Waals surface area (Å²) in [7, 11) is 1.53. The van der Waals surface area contributed by atoms with Crippen molar-refractivity contribution in [3.8, 4) is 39.4 Å². The van der Waals surface area contributed by atoms with Crippen molar-refractivity contribution in [2.45, 2.75) is 32.2 Å². The summed E-state index contributed by atoms with van der Waals surface area (Å²) >= 11 is 0. The topological polar surface area (TPSA) is 104 Å². The summed E-state index contributed by atoms with van der Waals surface area (Å²) in [5, 5.41) is 13.0. The molecule has 0 bridgehead atoms. The minimum absolute atomic E-state index is 0.361. The Morgan fingerprint density at radius 2 is 1.80 bits per heavy atom. The highest BCUT2D eigenvalue weighted by molar-refractivity contribution is 5.99. The molecule has 206 valence electrons. The third kappa shape index (κ3) is 5.04. The normalized spacial score (nSPS) is 13.9. The van der Waals surface area contributed by atoms with E-state index in [-0.39, 0.29) is 5.82 Å². The number of methoxy groups -OCH3 is 1. The van der Waals surface area contributed by atoms with Crippen LogP contribution in [0.2, 0.25) is 0 Å². The summed E-state index contributed by atoms with van der Waals surface area (Å²) in [5.74, 6) is 0.894. The lowest BCUT2D eigenvalue weighted by molar-refractivity contribution is 0.411. The van der Waals surface area contributed by atoms with Crippen LogP contribution >= 0.6 is 0 Å². The van der Waals surface area contributed by atoms with E-state index < -0.39 is 0 Å². The van der Waals surface area contributed by atoms with Crippen molar-refractivity contribution in [1.29, 1.82) is 0 Å². The van der Waals surface area contributed by atoms with Crippen molar-refractivity contribution in [1.82, 2.24) is 35.5 Å². The number of fused-ring (bicyclic) bond motifs is 2. The number of aromatic nitrogens is 6. The number of rotatable bonds is 8. The predicted octanol–water partition coefficient (Wildman–Crippen LogP) is 6.66. The Morgan fingerprint density at radius 3 is 2.68 bits per heavy atom. The zero-order chi connectivity index (χ0) is 27.8. The van der Waals surface area contributed by atoms with E-state index in [0.29, 0.717) is 22.6 Å². The fourth-order valence-corrected chi connectivity index (χ4v) is 5.89. The zero-order valence-corrected chi connectivity index (χ0v) is 22.7. The molecule has 1 aliphatic rings. The molecule has 7 rings (SSSR count). The van der Waals surface area contributed by atoms with Crippen molar-refractivity contribution in [2.75, 3.05) is 13.7 Å². The Hall–Kier alpha value is -4.63. The van der Waals surface area contributed by atoms with Gasteiger partial charge in [0.05, 0.1) is 12.8 Å². The second-order valence-corrected chi connectivity index (χ2v) is 10.7. The Kier molecular flexibility index (Phi) is 6.64. The van der Waals surface area contributed by atoms with Crippen LogP contribution in [0.3, 0.4) is 0 Å². The van der Waals surface area contributed by atoms with E-state index in [1.54, 1.807) is 6.20 Å². The summed E-state index contributed by atoms with van der Waals surface area (Å²) in [5.41, 5.74) is 7.57. The van der Waals surface area contributed by atoms with Gasteiger partial charge in [-0.3, -0.25) is 10.1 Å². The lowest BCUT2D eigenvalue weighted by Gasteiger charge is -2.11. The van der Waals surface area contributed by atoms with Gasteiger partial charge in [-0.05, 0) is 78.4 Å². The summed E-state index contributed by atoms with van der Waals surface area (Å²) in [4.78, 5) is 17.1.